The van der Waals surface area contributed by atoms with Gasteiger partial charge in [-0.1, -0.05) is 55.4 Å². The number of nitrogens with zero attached hydrogens (tertiary/aromatic N) is 2. The van der Waals surface area contributed by atoms with Crippen molar-refractivity contribution in [1.29, 1.82) is 0 Å². The summed E-state index contributed by atoms with van der Waals surface area (Å²) in [5, 5.41) is 7.49. The molecule has 0 aliphatic rings. The number of ether oxygens (including phenoxy) is 1. The van der Waals surface area contributed by atoms with Gasteiger partial charge < -0.3 is 14.6 Å². The Morgan fingerprint density at radius 2 is 1.69 bits per heavy atom. The molecule has 0 amide bonds. The first-order valence-corrected chi connectivity index (χ1v) is 10.2. The van der Waals surface area contributed by atoms with Crippen LogP contribution in [0.4, 0.5) is 0 Å². The summed E-state index contributed by atoms with van der Waals surface area (Å²) >= 11 is 0. The summed E-state index contributed by atoms with van der Waals surface area (Å²) in [6, 6.07) is 12.7. The number of hydrogen-bond donors (Lipinski definition) is 1. The van der Waals surface area contributed by atoms with E-state index >= 15 is 0 Å². The third-order valence-corrected chi connectivity index (χ3v) is 5.16. The Morgan fingerprint density at radius 1 is 1.00 bits per heavy atom. The van der Waals surface area contributed by atoms with E-state index in [4.69, 9.17) is 9.26 Å². The molecule has 0 saturated heterocycles. The summed E-state index contributed by atoms with van der Waals surface area (Å²) in [5.74, 6) is 2.61. The fourth-order valence-corrected chi connectivity index (χ4v) is 3.57. The maximum Gasteiger partial charge on any atom is 0.244 e. The molecule has 0 spiro atoms. The van der Waals surface area contributed by atoms with Crippen molar-refractivity contribution in [2.75, 3.05) is 0 Å². The zero-order valence-corrected chi connectivity index (χ0v) is 18.2. The topological polar surface area (TPSA) is 60.2 Å². The van der Waals surface area contributed by atoms with Crippen molar-refractivity contribution in [1.82, 2.24) is 15.5 Å². The lowest BCUT2D eigenvalue weighted by Crippen LogP contribution is -2.25. The molecule has 5 heteroatoms. The van der Waals surface area contributed by atoms with Crippen LogP contribution in [0.15, 0.2) is 40.9 Å². The highest BCUT2D eigenvalue weighted by Crippen LogP contribution is 2.27. The Kier molecular flexibility index (Phi) is 6.70. The number of hydrogen-bond acceptors (Lipinski definition) is 5. The van der Waals surface area contributed by atoms with Crippen LogP contribution in [0.5, 0.6) is 5.75 Å². The molecule has 154 valence electrons. The molecule has 3 aromatic rings. The van der Waals surface area contributed by atoms with Crippen LogP contribution in [0.3, 0.4) is 0 Å². The molecule has 29 heavy (non-hydrogen) atoms. The van der Waals surface area contributed by atoms with Crippen molar-refractivity contribution in [3.05, 3.63) is 75.9 Å². The molecule has 1 N–H and O–H groups in total. The summed E-state index contributed by atoms with van der Waals surface area (Å²) in [6.07, 6.45) is 0. The Bertz CT molecular complexity index is 939. The van der Waals surface area contributed by atoms with Gasteiger partial charge in [-0.25, -0.2) is 0 Å². The summed E-state index contributed by atoms with van der Waals surface area (Å²) in [5.41, 5.74) is 5.96. The van der Waals surface area contributed by atoms with E-state index in [1.54, 1.807) is 0 Å². The van der Waals surface area contributed by atoms with Crippen molar-refractivity contribution in [2.24, 2.45) is 5.92 Å². The highest BCUT2D eigenvalue weighted by molar-refractivity contribution is 5.43. The molecule has 0 fully saturated rings. The predicted molar refractivity (Wildman–Crippen MR) is 115 cm³/mol. The zero-order valence-electron chi connectivity index (χ0n) is 18.2. The number of rotatable bonds is 8. The van der Waals surface area contributed by atoms with Gasteiger partial charge in [0.25, 0.3) is 0 Å². The van der Waals surface area contributed by atoms with Crippen LogP contribution in [0.2, 0.25) is 0 Å². The van der Waals surface area contributed by atoms with Crippen LogP contribution >= 0.6 is 0 Å². The minimum absolute atomic E-state index is 0.0220. The van der Waals surface area contributed by atoms with E-state index in [0.29, 0.717) is 24.2 Å². The second-order valence-electron chi connectivity index (χ2n) is 8.06. The lowest BCUT2D eigenvalue weighted by molar-refractivity contribution is 0.286. The van der Waals surface area contributed by atoms with Crippen molar-refractivity contribution in [3.63, 3.8) is 0 Å². The molecule has 1 aromatic heterocycles. The number of aryl methyl sites for hydroxylation is 4. The minimum Gasteiger partial charge on any atom is -0.488 e. The smallest absolute Gasteiger partial charge is 0.244 e. The van der Waals surface area contributed by atoms with Crippen LogP contribution < -0.4 is 10.1 Å². The molecular weight excluding hydrogens is 362 g/mol. The molecule has 0 saturated carbocycles. The molecule has 1 atom stereocenters. The van der Waals surface area contributed by atoms with Gasteiger partial charge in [0.2, 0.25) is 5.89 Å². The van der Waals surface area contributed by atoms with Gasteiger partial charge in [0.1, 0.15) is 12.4 Å². The summed E-state index contributed by atoms with van der Waals surface area (Å²) < 4.78 is 11.6. The molecule has 1 heterocycles. The molecule has 2 aromatic carbocycles. The molecule has 0 aliphatic heterocycles. The van der Waals surface area contributed by atoms with Gasteiger partial charge in [0, 0.05) is 6.54 Å². The van der Waals surface area contributed by atoms with E-state index in [2.05, 4.69) is 86.5 Å². The maximum absolute atomic E-state index is 6.17. The molecule has 0 bridgehead atoms. The van der Waals surface area contributed by atoms with E-state index in [9.17, 15) is 0 Å². The van der Waals surface area contributed by atoms with Crippen molar-refractivity contribution in [3.8, 4) is 5.75 Å². The largest absolute Gasteiger partial charge is 0.488 e. The van der Waals surface area contributed by atoms with E-state index < -0.39 is 0 Å². The summed E-state index contributed by atoms with van der Waals surface area (Å²) in [6.45, 7) is 13.8. The summed E-state index contributed by atoms with van der Waals surface area (Å²) in [7, 11) is 0. The Labute approximate surface area is 173 Å². The van der Waals surface area contributed by atoms with Gasteiger partial charge in [-0.05, 0) is 61.4 Å². The monoisotopic (exact) mass is 393 g/mol. The van der Waals surface area contributed by atoms with Gasteiger partial charge in [0.05, 0.1) is 6.04 Å². The van der Waals surface area contributed by atoms with Gasteiger partial charge in [-0.3, -0.25) is 0 Å². The third kappa shape index (κ3) is 5.24. The third-order valence-electron chi connectivity index (χ3n) is 5.16. The fraction of sp³-hybridized carbons (Fsp3) is 0.417. The normalized spacial score (nSPS) is 12.4. The van der Waals surface area contributed by atoms with Crippen LogP contribution in [-0.2, 0) is 13.2 Å². The van der Waals surface area contributed by atoms with Crippen molar-refractivity contribution < 1.29 is 9.26 Å². The molecule has 3 rings (SSSR count). The molecule has 5 nitrogen and oxygen atoms in total. The number of aromatic nitrogens is 2. The van der Waals surface area contributed by atoms with E-state index in [-0.39, 0.29) is 6.04 Å². The predicted octanol–water partition coefficient (Wildman–Crippen LogP) is 5.37. The SMILES string of the molecule is Cc1noc([C@H](NCc2cc(C)c(OCc3ccccc3C)c(C)c2)C(C)C)n1. The van der Waals surface area contributed by atoms with Crippen LogP contribution in [-0.4, -0.2) is 10.1 Å². The van der Waals surface area contributed by atoms with Crippen LogP contribution in [0.1, 0.15) is 59.4 Å². The standard InChI is InChI=1S/C24H31N3O2/c1-15(2)22(24-26-19(6)27-29-24)25-13-20-11-17(4)23(18(5)12-20)28-14-21-10-8-7-9-16(21)3/h7-12,15,22,25H,13-14H2,1-6H3/t22-/m1/s1. The van der Waals surface area contributed by atoms with E-state index in [1.807, 2.05) is 6.92 Å². The highest BCUT2D eigenvalue weighted by Gasteiger charge is 2.21. The van der Waals surface area contributed by atoms with Gasteiger partial charge in [-0.15, -0.1) is 0 Å². The number of benzene rings is 2. The van der Waals surface area contributed by atoms with Gasteiger partial charge in [0.15, 0.2) is 5.82 Å². The number of nitrogens with one attached hydrogen (secondary N) is 1. The summed E-state index contributed by atoms with van der Waals surface area (Å²) in [4.78, 5) is 4.39. The first-order valence-electron chi connectivity index (χ1n) is 10.2. The molecular formula is C24H31N3O2. The van der Waals surface area contributed by atoms with Crippen molar-refractivity contribution in [2.45, 2.75) is 60.7 Å². The Balaban J connectivity index is 1.69. The minimum atomic E-state index is 0.0220. The van der Waals surface area contributed by atoms with Gasteiger partial charge in [-0.2, -0.15) is 4.98 Å². The first kappa shape index (κ1) is 21.1. The quantitative estimate of drug-likeness (QED) is 0.557. The average molecular weight is 394 g/mol. The lowest BCUT2D eigenvalue weighted by atomic mass is 10.0. The van der Waals surface area contributed by atoms with Crippen LogP contribution in [0, 0.1) is 33.6 Å². The fourth-order valence-electron chi connectivity index (χ4n) is 3.57. The van der Waals surface area contributed by atoms with E-state index in [0.717, 1.165) is 23.4 Å². The van der Waals surface area contributed by atoms with Crippen molar-refractivity contribution >= 4 is 0 Å². The Hall–Kier alpha value is -2.66. The van der Waals surface area contributed by atoms with Gasteiger partial charge >= 0.3 is 0 Å². The Morgan fingerprint density at radius 3 is 2.28 bits per heavy atom. The molecule has 0 radical (unpaired) electrons. The second-order valence-corrected chi connectivity index (χ2v) is 8.06. The average Bonchev–Trinajstić information content (AvgIpc) is 3.08. The zero-order chi connectivity index (χ0) is 21.0. The first-order chi connectivity index (χ1) is 13.8. The lowest BCUT2D eigenvalue weighted by Gasteiger charge is -2.20. The highest BCUT2D eigenvalue weighted by atomic mass is 16.5. The second kappa shape index (κ2) is 9.23. The van der Waals surface area contributed by atoms with E-state index in [1.165, 1.54) is 16.7 Å². The molecule has 0 aliphatic carbocycles. The van der Waals surface area contributed by atoms with Crippen LogP contribution in [0.25, 0.3) is 0 Å². The maximum atomic E-state index is 6.17. The molecule has 0 unspecified atom stereocenters.